The molecule has 0 atom stereocenters. The Balaban J connectivity index is 1.62. The van der Waals surface area contributed by atoms with Gasteiger partial charge in [-0.15, -0.1) is 0 Å². The SMILES string of the molecule is NC(=O)CCN(C(=O)CN1CCN(c2ccccc2[N+](=O)[O-])CC1)c1ccccc1. The number of benzene rings is 2. The van der Waals surface area contributed by atoms with E-state index in [0.29, 0.717) is 31.9 Å². The predicted molar refractivity (Wildman–Crippen MR) is 114 cm³/mol. The molecule has 9 heteroatoms. The molecule has 1 fully saturated rings. The van der Waals surface area contributed by atoms with Gasteiger partial charge >= 0.3 is 0 Å². The molecule has 1 saturated heterocycles. The van der Waals surface area contributed by atoms with Gasteiger partial charge in [-0.25, -0.2) is 0 Å². The molecular weight excluding hydrogens is 386 g/mol. The highest BCUT2D eigenvalue weighted by Crippen LogP contribution is 2.28. The Morgan fingerprint density at radius 1 is 1.00 bits per heavy atom. The lowest BCUT2D eigenvalue weighted by molar-refractivity contribution is -0.384. The largest absolute Gasteiger partial charge is 0.370 e. The molecule has 0 bridgehead atoms. The number of nitrogens with zero attached hydrogens (tertiary/aromatic N) is 4. The summed E-state index contributed by atoms with van der Waals surface area (Å²) in [7, 11) is 0. The van der Waals surface area contributed by atoms with Crippen molar-refractivity contribution in [3.8, 4) is 0 Å². The van der Waals surface area contributed by atoms with Crippen molar-refractivity contribution in [1.29, 1.82) is 0 Å². The molecule has 1 heterocycles. The highest BCUT2D eigenvalue weighted by atomic mass is 16.6. The monoisotopic (exact) mass is 411 g/mol. The molecule has 2 amide bonds. The maximum Gasteiger partial charge on any atom is 0.292 e. The highest BCUT2D eigenvalue weighted by molar-refractivity contribution is 5.95. The van der Waals surface area contributed by atoms with Crippen LogP contribution in [0, 0.1) is 10.1 Å². The molecule has 0 aromatic heterocycles. The van der Waals surface area contributed by atoms with Crippen molar-refractivity contribution in [1.82, 2.24) is 4.90 Å². The first-order valence-corrected chi connectivity index (χ1v) is 9.80. The van der Waals surface area contributed by atoms with E-state index in [1.165, 1.54) is 6.07 Å². The molecule has 3 rings (SSSR count). The fraction of sp³-hybridized carbons (Fsp3) is 0.333. The van der Waals surface area contributed by atoms with Gasteiger partial charge in [-0.2, -0.15) is 0 Å². The van der Waals surface area contributed by atoms with Crippen LogP contribution in [-0.2, 0) is 9.59 Å². The zero-order valence-corrected chi connectivity index (χ0v) is 16.6. The van der Waals surface area contributed by atoms with Gasteiger partial charge in [0.2, 0.25) is 11.8 Å². The van der Waals surface area contributed by atoms with Crippen molar-refractivity contribution < 1.29 is 14.5 Å². The van der Waals surface area contributed by atoms with Gasteiger partial charge in [0.05, 0.1) is 11.5 Å². The number of primary amides is 1. The minimum atomic E-state index is -0.457. The van der Waals surface area contributed by atoms with E-state index in [1.54, 1.807) is 23.1 Å². The van der Waals surface area contributed by atoms with Crippen LogP contribution in [0.1, 0.15) is 6.42 Å². The number of nitrogens with two attached hydrogens (primary N) is 1. The molecule has 1 aliphatic heterocycles. The number of amides is 2. The molecular formula is C21H25N5O4. The van der Waals surface area contributed by atoms with Crippen LogP contribution in [-0.4, -0.2) is 60.9 Å². The fourth-order valence-electron chi connectivity index (χ4n) is 3.54. The summed E-state index contributed by atoms with van der Waals surface area (Å²) in [5.74, 6) is -0.566. The lowest BCUT2D eigenvalue weighted by Crippen LogP contribution is -2.50. The molecule has 2 aromatic carbocycles. The van der Waals surface area contributed by atoms with Gasteiger partial charge in [0.25, 0.3) is 5.69 Å². The van der Waals surface area contributed by atoms with Gasteiger partial charge in [-0.1, -0.05) is 30.3 Å². The number of nitro benzene ring substituents is 1. The minimum Gasteiger partial charge on any atom is -0.370 e. The van der Waals surface area contributed by atoms with Crippen LogP contribution in [0.5, 0.6) is 0 Å². The number of nitro groups is 1. The topological polar surface area (TPSA) is 113 Å². The molecule has 30 heavy (non-hydrogen) atoms. The Morgan fingerprint density at radius 2 is 1.63 bits per heavy atom. The molecule has 2 N–H and O–H groups in total. The number of hydrogen-bond donors (Lipinski definition) is 1. The summed E-state index contributed by atoms with van der Waals surface area (Å²) >= 11 is 0. The molecule has 0 radical (unpaired) electrons. The van der Waals surface area contributed by atoms with E-state index in [0.717, 1.165) is 5.69 Å². The average molecular weight is 411 g/mol. The summed E-state index contributed by atoms with van der Waals surface area (Å²) < 4.78 is 0. The number of para-hydroxylation sites is 3. The molecule has 2 aromatic rings. The Morgan fingerprint density at radius 3 is 2.27 bits per heavy atom. The molecule has 9 nitrogen and oxygen atoms in total. The van der Waals surface area contributed by atoms with Crippen LogP contribution in [0.4, 0.5) is 17.1 Å². The summed E-state index contributed by atoms with van der Waals surface area (Å²) in [6.07, 6.45) is 0.0894. The Labute approximate surface area is 174 Å². The van der Waals surface area contributed by atoms with Gasteiger partial charge < -0.3 is 15.5 Å². The van der Waals surface area contributed by atoms with Crippen molar-refractivity contribution in [3.05, 3.63) is 64.7 Å². The third kappa shape index (κ3) is 5.32. The van der Waals surface area contributed by atoms with E-state index in [4.69, 9.17) is 5.73 Å². The summed E-state index contributed by atoms with van der Waals surface area (Å²) in [6, 6.07) is 15.9. The third-order valence-corrected chi connectivity index (χ3v) is 5.10. The first-order valence-electron chi connectivity index (χ1n) is 9.80. The standard InChI is InChI=1S/C21H25N5O4/c22-20(27)10-11-25(17-6-2-1-3-7-17)21(28)16-23-12-14-24(15-13-23)18-8-4-5-9-19(18)26(29)30/h1-9H,10-16H2,(H2,22,27). The van der Waals surface area contributed by atoms with Crippen LogP contribution < -0.4 is 15.5 Å². The molecule has 0 aliphatic carbocycles. The quantitative estimate of drug-likeness (QED) is 0.522. The molecule has 158 valence electrons. The predicted octanol–water partition coefficient (Wildman–Crippen LogP) is 1.63. The van der Waals surface area contributed by atoms with E-state index >= 15 is 0 Å². The lowest BCUT2D eigenvalue weighted by Gasteiger charge is -2.36. The molecule has 0 saturated carbocycles. The van der Waals surface area contributed by atoms with Gasteiger partial charge in [0.1, 0.15) is 5.69 Å². The summed E-state index contributed by atoms with van der Waals surface area (Å²) in [6.45, 7) is 2.83. The maximum atomic E-state index is 12.9. The molecule has 1 aliphatic rings. The van der Waals surface area contributed by atoms with Crippen molar-refractivity contribution in [3.63, 3.8) is 0 Å². The molecule has 0 unspecified atom stereocenters. The number of piperazine rings is 1. The van der Waals surface area contributed by atoms with E-state index in [-0.39, 0.29) is 36.0 Å². The fourth-order valence-corrected chi connectivity index (χ4v) is 3.54. The first-order chi connectivity index (χ1) is 14.5. The molecule has 0 spiro atoms. The van der Waals surface area contributed by atoms with Gasteiger partial charge in [0, 0.05) is 50.9 Å². The van der Waals surface area contributed by atoms with Crippen molar-refractivity contribution >= 4 is 28.9 Å². The average Bonchev–Trinajstić information content (AvgIpc) is 2.75. The number of hydrogen-bond acceptors (Lipinski definition) is 6. The van der Waals surface area contributed by atoms with Crippen LogP contribution in [0.3, 0.4) is 0 Å². The van der Waals surface area contributed by atoms with Crippen molar-refractivity contribution in [2.45, 2.75) is 6.42 Å². The van der Waals surface area contributed by atoms with Crippen LogP contribution in [0.2, 0.25) is 0 Å². The minimum absolute atomic E-state index is 0.0868. The van der Waals surface area contributed by atoms with E-state index < -0.39 is 5.91 Å². The van der Waals surface area contributed by atoms with Crippen molar-refractivity contribution in [2.75, 3.05) is 49.1 Å². The van der Waals surface area contributed by atoms with Gasteiger partial charge in [-0.05, 0) is 18.2 Å². The van der Waals surface area contributed by atoms with E-state index in [1.807, 2.05) is 40.1 Å². The second kappa shape index (κ2) is 9.84. The van der Waals surface area contributed by atoms with E-state index in [2.05, 4.69) is 0 Å². The number of anilines is 2. The van der Waals surface area contributed by atoms with Crippen molar-refractivity contribution in [2.24, 2.45) is 5.73 Å². The normalized spacial score (nSPS) is 14.3. The summed E-state index contributed by atoms with van der Waals surface area (Å²) in [5, 5.41) is 11.3. The highest BCUT2D eigenvalue weighted by Gasteiger charge is 2.26. The number of rotatable bonds is 8. The van der Waals surface area contributed by atoms with Crippen LogP contribution >= 0.6 is 0 Å². The second-order valence-corrected chi connectivity index (χ2v) is 7.11. The Hall–Kier alpha value is -3.46. The summed E-state index contributed by atoms with van der Waals surface area (Å²) in [4.78, 5) is 40.6. The smallest absolute Gasteiger partial charge is 0.292 e. The lowest BCUT2D eigenvalue weighted by atomic mass is 10.2. The van der Waals surface area contributed by atoms with Crippen LogP contribution in [0.15, 0.2) is 54.6 Å². The van der Waals surface area contributed by atoms with E-state index in [9.17, 15) is 19.7 Å². The Bertz CT molecular complexity index is 897. The zero-order chi connectivity index (χ0) is 21.5. The zero-order valence-electron chi connectivity index (χ0n) is 16.6. The van der Waals surface area contributed by atoms with Crippen LogP contribution in [0.25, 0.3) is 0 Å². The Kier molecular flexibility index (Phi) is 6.97. The maximum absolute atomic E-state index is 12.9. The number of carbonyl (C=O) groups excluding carboxylic acids is 2. The third-order valence-electron chi connectivity index (χ3n) is 5.10. The second-order valence-electron chi connectivity index (χ2n) is 7.11. The van der Waals surface area contributed by atoms with Gasteiger partial charge in [-0.3, -0.25) is 24.6 Å². The van der Waals surface area contributed by atoms with Gasteiger partial charge in [0.15, 0.2) is 0 Å². The first kappa shape index (κ1) is 21.3. The summed E-state index contributed by atoms with van der Waals surface area (Å²) in [5.41, 5.74) is 6.68. The number of carbonyl (C=O) groups is 2.